The molecule has 1 amide bonds. The highest BCUT2D eigenvalue weighted by molar-refractivity contribution is 6.18. The highest BCUT2D eigenvalue weighted by atomic mass is 35.5. The van der Waals surface area contributed by atoms with Crippen LogP contribution in [0, 0.1) is 0 Å². The van der Waals surface area contributed by atoms with E-state index in [2.05, 4.69) is 0 Å². The maximum atomic E-state index is 12.6. The minimum atomic E-state index is -4.45. The van der Waals surface area contributed by atoms with E-state index in [-0.39, 0.29) is 11.4 Å². The summed E-state index contributed by atoms with van der Waals surface area (Å²) in [6.45, 7) is 2.69. The fraction of sp³-hybridized carbons (Fsp3) is 0.462. The van der Waals surface area contributed by atoms with Crippen molar-refractivity contribution in [3.63, 3.8) is 0 Å². The summed E-state index contributed by atoms with van der Waals surface area (Å²) < 4.78 is 37.7. The van der Waals surface area contributed by atoms with E-state index in [0.717, 1.165) is 18.6 Å². The fourth-order valence-electron chi connectivity index (χ4n) is 1.70. The first-order chi connectivity index (χ1) is 8.90. The van der Waals surface area contributed by atoms with Crippen LogP contribution in [0.3, 0.4) is 0 Å². The third kappa shape index (κ3) is 4.42. The Morgan fingerprint density at radius 3 is 2.53 bits per heavy atom. The fourth-order valence-corrected chi connectivity index (χ4v) is 1.90. The lowest BCUT2D eigenvalue weighted by Gasteiger charge is -2.21. The van der Waals surface area contributed by atoms with Crippen molar-refractivity contribution in [2.75, 3.05) is 19.0 Å². The molecule has 0 aromatic heterocycles. The third-order valence-electron chi connectivity index (χ3n) is 2.57. The Kier molecular flexibility index (Phi) is 5.66. The normalized spacial score (nSPS) is 11.4. The highest BCUT2D eigenvalue weighted by Crippen LogP contribution is 2.29. The van der Waals surface area contributed by atoms with Crippen molar-refractivity contribution >= 4 is 17.5 Å². The van der Waals surface area contributed by atoms with Crippen LogP contribution in [0.4, 0.5) is 13.2 Å². The molecule has 0 aliphatic heterocycles. The average Bonchev–Trinajstić information content (AvgIpc) is 2.37. The van der Waals surface area contributed by atoms with E-state index in [0.29, 0.717) is 13.1 Å². The first-order valence-corrected chi connectivity index (χ1v) is 6.46. The van der Waals surface area contributed by atoms with E-state index in [4.69, 9.17) is 11.6 Å². The van der Waals surface area contributed by atoms with Gasteiger partial charge in [0.15, 0.2) is 0 Å². The van der Waals surface area contributed by atoms with Gasteiger partial charge in [-0.1, -0.05) is 13.0 Å². The second kappa shape index (κ2) is 6.80. The van der Waals surface area contributed by atoms with Gasteiger partial charge in [0, 0.05) is 24.5 Å². The molecule has 2 nitrogen and oxygen atoms in total. The summed E-state index contributed by atoms with van der Waals surface area (Å²) in [5, 5.41) is 0. The number of halogens is 4. The zero-order valence-corrected chi connectivity index (χ0v) is 11.3. The Morgan fingerprint density at radius 1 is 1.32 bits per heavy atom. The predicted octanol–water partition coefficient (Wildman–Crippen LogP) is 3.80. The molecule has 6 heteroatoms. The van der Waals surface area contributed by atoms with Crippen molar-refractivity contribution in [1.82, 2.24) is 4.90 Å². The molecule has 0 saturated heterocycles. The standard InChI is InChI=1S/C13H15ClF3NO/c1-2-7-18(8-6-14)12(19)10-4-3-5-11(9-10)13(15,16)17/h3-5,9H,2,6-8H2,1H3. The highest BCUT2D eigenvalue weighted by Gasteiger charge is 2.31. The number of amides is 1. The monoisotopic (exact) mass is 293 g/mol. The summed E-state index contributed by atoms with van der Waals surface area (Å²) in [5.74, 6) is -0.168. The number of rotatable bonds is 5. The molecule has 0 atom stereocenters. The number of nitrogens with zero attached hydrogens (tertiary/aromatic N) is 1. The van der Waals surface area contributed by atoms with E-state index in [1.54, 1.807) is 0 Å². The Hall–Kier alpha value is -1.23. The van der Waals surface area contributed by atoms with Gasteiger partial charge in [0.05, 0.1) is 5.56 Å². The molecule has 0 radical (unpaired) electrons. The van der Waals surface area contributed by atoms with E-state index >= 15 is 0 Å². The molecule has 0 heterocycles. The Morgan fingerprint density at radius 2 is 2.00 bits per heavy atom. The van der Waals surface area contributed by atoms with Crippen LogP contribution < -0.4 is 0 Å². The maximum absolute atomic E-state index is 12.6. The van der Waals surface area contributed by atoms with Crippen molar-refractivity contribution in [3.05, 3.63) is 35.4 Å². The lowest BCUT2D eigenvalue weighted by molar-refractivity contribution is -0.137. The summed E-state index contributed by atoms with van der Waals surface area (Å²) in [6.07, 6.45) is -3.72. The molecule has 106 valence electrons. The molecule has 0 saturated carbocycles. The first-order valence-electron chi connectivity index (χ1n) is 5.92. The maximum Gasteiger partial charge on any atom is 0.416 e. The minimum absolute atomic E-state index is 0.0355. The molecule has 1 aromatic carbocycles. The van der Waals surface area contributed by atoms with E-state index in [9.17, 15) is 18.0 Å². The zero-order valence-electron chi connectivity index (χ0n) is 10.5. The number of hydrogen-bond acceptors (Lipinski definition) is 1. The zero-order chi connectivity index (χ0) is 14.5. The molecule has 1 aromatic rings. The van der Waals surface area contributed by atoms with Gasteiger partial charge >= 0.3 is 6.18 Å². The minimum Gasteiger partial charge on any atom is -0.337 e. The van der Waals surface area contributed by atoms with Crippen LogP contribution in [0.15, 0.2) is 24.3 Å². The number of benzene rings is 1. The van der Waals surface area contributed by atoms with Crippen LogP contribution in [0.1, 0.15) is 29.3 Å². The molecule has 0 spiro atoms. The van der Waals surface area contributed by atoms with Crippen molar-refractivity contribution in [1.29, 1.82) is 0 Å². The second-order valence-electron chi connectivity index (χ2n) is 4.06. The molecule has 19 heavy (non-hydrogen) atoms. The summed E-state index contributed by atoms with van der Waals surface area (Å²) in [5.41, 5.74) is -0.783. The van der Waals surface area contributed by atoms with Gasteiger partial charge in [-0.25, -0.2) is 0 Å². The topological polar surface area (TPSA) is 20.3 Å². The summed E-state index contributed by atoms with van der Waals surface area (Å²) >= 11 is 5.59. The molecule has 0 N–H and O–H groups in total. The Labute approximate surface area is 115 Å². The lowest BCUT2D eigenvalue weighted by Crippen LogP contribution is -2.33. The van der Waals surface area contributed by atoms with Gasteiger partial charge in [-0.15, -0.1) is 11.6 Å². The van der Waals surface area contributed by atoms with Gasteiger partial charge in [0.1, 0.15) is 0 Å². The molecule has 1 rings (SSSR count). The van der Waals surface area contributed by atoms with Crippen LogP contribution in [0.5, 0.6) is 0 Å². The SMILES string of the molecule is CCCN(CCCl)C(=O)c1cccc(C(F)(F)F)c1. The molecular formula is C13H15ClF3NO. The summed E-state index contributed by atoms with van der Waals surface area (Å²) in [4.78, 5) is 13.6. The molecule has 0 bridgehead atoms. The molecule has 0 fully saturated rings. The molecule has 0 unspecified atom stereocenters. The number of carbonyl (C=O) groups is 1. The first kappa shape index (κ1) is 15.8. The summed E-state index contributed by atoms with van der Waals surface area (Å²) in [6, 6.07) is 4.44. The van der Waals surface area contributed by atoms with E-state index in [1.165, 1.54) is 17.0 Å². The van der Waals surface area contributed by atoms with Gasteiger partial charge in [-0.2, -0.15) is 13.2 Å². The van der Waals surface area contributed by atoms with Gasteiger partial charge in [-0.05, 0) is 24.6 Å². The number of alkyl halides is 4. The van der Waals surface area contributed by atoms with Gasteiger partial charge in [-0.3, -0.25) is 4.79 Å². The van der Waals surface area contributed by atoms with Crippen LogP contribution in [-0.2, 0) is 6.18 Å². The third-order valence-corrected chi connectivity index (χ3v) is 2.74. The van der Waals surface area contributed by atoms with Gasteiger partial charge in [0.25, 0.3) is 5.91 Å². The predicted molar refractivity (Wildman–Crippen MR) is 68.4 cm³/mol. The molecule has 0 aliphatic carbocycles. The van der Waals surface area contributed by atoms with Crippen molar-refractivity contribution in [3.8, 4) is 0 Å². The van der Waals surface area contributed by atoms with E-state index < -0.39 is 17.6 Å². The van der Waals surface area contributed by atoms with Crippen LogP contribution in [-0.4, -0.2) is 29.8 Å². The Balaban J connectivity index is 2.98. The van der Waals surface area contributed by atoms with Crippen LogP contribution in [0.25, 0.3) is 0 Å². The quantitative estimate of drug-likeness (QED) is 0.756. The van der Waals surface area contributed by atoms with Crippen molar-refractivity contribution in [2.24, 2.45) is 0 Å². The van der Waals surface area contributed by atoms with Crippen LogP contribution in [0.2, 0.25) is 0 Å². The van der Waals surface area contributed by atoms with E-state index in [1.807, 2.05) is 6.92 Å². The summed E-state index contributed by atoms with van der Waals surface area (Å²) in [7, 11) is 0. The number of hydrogen-bond donors (Lipinski definition) is 0. The van der Waals surface area contributed by atoms with Crippen LogP contribution >= 0.6 is 11.6 Å². The molecule has 0 aliphatic rings. The second-order valence-corrected chi connectivity index (χ2v) is 4.44. The number of carbonyl (C=O) groups excluding carboxylic acids is 1. The molecular weight excluding hydrogens is 279 g/mol. The van der Waals surface area contributed by atoms with Gasteiger partial charge < -0.3 is 4.90 Å². The largest absolute Gasteiger partial charge is 0.416 e. The van der Waals surface area contributed by atoms with Gasteiger partial charge in [0.2, 0.25) is 0 Å². The smallest absolute Gasteiger partial charge is 0.337 e. The average molecular weight is 294 g/mol. The van der Waals surface area contributed by atoms with Crippen molar-refractivity contribution < 1.29 is 18.0 Å². The Bertz CT molecular complexity index is 428. The van der Waals surface area contributed by atoms with Crippen molar-refractivity contribution in [2.45, 2.75) is 19.5 Å². The lowest BCUT2D eigenvalue weighted by atomic mass is 10.1.